The molecule has 8 nitrogen and oxygen atoms in total. The molecule has 4 heterocycles. The summed E-state index contributed by atoms with van der Waals surface area (Å²) in [4.78, 5) is 58.3. The fourth-order valence-electron chi connectivity index (χ4n) is 5.40. The van der Waals surface area contributed by atoms with E-state index in [2.05, 4.69) is 4.98 Å². The minimum atomic E-state index is -0.762. The number of fused-ring (bicyclic) bond motifs is 2. The highest BCUT2D eigenvalue weighted by atomic mass is 32.2. The van der Waals surface area contributed by atoms with Crippen molar-refractivity contribution in [2.75, 3.05) is 24.6 Å². The Morgan fingerprint density at radius 1 is 1.03 bits per heavy atom. The number of H-pyrrole nitrogens is 1. The van der Waals surface area contributed by atoms with Gasteiger partial charge in [0.25, 0.3) is 5.91 Å². The summed E-state index contributed by atoms with van der Waals surface area (Å²) in [6.45, 7) is 1.39. The first-order chi connectivity index (χ1) is 18.4. The van der Waals surface area contributed by atoms with Gasteiger partial charge in [0, 0.05) is 23.9 Å². The molecule has 196 valence electrons. The van der Waals surface area contributed by atoms with Crippen LogP contribution in [0.15, 0.2) is 58.4 Å². The number of thioether (sulfide) groups is 1. The summed E-state index contributed by atoms with van der Waals surface area (Å²) >= 11 is 2.20. The summed E-state index contributed by atoms with van der Waals surface area (Å²) in [6.07, 6.45) is 3.11. The van der Waals surface area contributed by atoms with Crippen LogP contribution in [0.25, 0.3) is 0 Å². The quantitative estimate of drug-likeness (QED) is 0.483. The topological polar surface area (TPSA) is 99.8 Å². The van der Waals surface area contributed by atoms with Gasteiger partial charge in [-0.05, 0) is 61.2 Å². The summed E-state index contributed by atoms with van der Waals surface area (Å²) in [5.41, 5.74) is 1.02. The van der Waals surface area contributed by atoms with Gasteiger partial charge in [0.2, 0.25) is 11.8 Å². The first-order valence-electron chi connectivity index (χ1n) is 12.4. The van der Waals surface area contributed by atoms with E-state index >= 15 is 0 Å². The molecule has 11 heteroatoms. The number of anilines is 1. The van der Waals surface area contributed by atoms with E-state index in [1.54, 1.807) is 18.2 Å². The Hall–Kier alpha value is -3.44. The molecule has 0 spiro atoms. The van der Waals surface area contributed by atoms with Gasteiger partial charge in [-0.15, -0.1) is 0 Å². The second-order valence-corrected chi connectivity index (χ2v) is 11.7. The maximum atomic E-state index is 13.7. The number of nitrogens with one attached hydrogen (secondary N) is 1. The molecule has 0 aliphatic carbocycles. The minimum Gasteiger partial charge on any atom is -0.484 e. The molecule has 0 saturated carbocycles. The largest absolute Gasteiger partial charge is 0.484 e. The van der Waals surface area contributed by atoms with Crippen LogP contribution in [0.4, 0.5) is 10.1 Å². The molecular weight excluding hydrogens is 529 g/mol. The van der Waals surface area contributed by atoms with Gasteiger partial charge in [-0.1, -0.05) is 35.2 Å². The Morgan fingerprint density at radius 2 is 1.79 bits per heavy atom. The maximum absolute atomic E-state index is 13.7. The van der Waals surface area contributed by atoms with Crippen molar-refractivity contribution in [1.82, 2.24) is 9.88 Å². The molecule has 3 aliphatic rings. The van der Waals surface area contributed by atoms with Crippen molar-refractivity contribution < 1.29 is 23.5 Å². The molecule has 0 radical (unpaired) electrons. The Kier molecular flexibility index (Phi) is 6.56. The number of carbonyl (C=O) groups excluding carboxylic acids is 3. The van der Waals surface area contributed by atoms with Crippen molar-refractivity contribution in [3.8, 4) is 5.75 Å². The summed E-state index contributed by atoms with van der Waals surface area (Å²) in [7, 11) is 0. The fraction of sp³-hybridized carbons (Fsp3) is 0.333. The van der Waals surface area contributed by atoms with Gasteiger partial charge in [0.05, 0.1) is 16.6 Å². The van der Waals surface area contributed by atoms with Crippen LogP contribution < -0.4 is 14.5 Å². The second-order valence-electron chi connectivity index (χ2n) is 9.54. The summed E-state index contributed by atoms with van der Waals surface area (Å²) in [6, 6.07) is 12.4. The lowest BCUT2D eigenvalue weighted by Crippen LogP contribution is -2.38. The zero-order valence-electron chi connectivity index (χ0n) is 20.2. The highest BCUT2D eigenvalue weighted by molar-refractivity contribution is 8.00. The lowest BCUT2D eigenvalue weighted by atomic mass is 9.83. The third-order valence-corrected chi connectivity index (χ3v) is 9.60. The van der Waals surface area contributed by atoms with Gasteiger partial charge in [-0.3, -0.25) is 19.2 Å². The van der Waals surface area contributed by atoms with E-state index in [0.29, 0.717) is 26.9 Å². The van der Waals surface area contributed by atoms with E-state index in [1.807, 2.05) is 11.0 Å². The number of likely N-dealkylation sites (tertiary alicyclic amines) is 1. The molecule has 3 aromatic rings. The second kappa shape index (κ2) is 10.0. The number of aromatic amines is 1. The lowest BCUT2D eigenvalue weighted by Gasteiger charge is -2.30. The minimum absolute atomic E-state index is 0.0677. The van der Waals surface area contributed by atoms with Crippen LogP contribution in [0.3, 0.4) is 0 Å². The Morgan fingerprint density at radius 3 is 2.55 bits per heavy atom. The molecule has 38 heavy (non-hydrogen) atoms. The SMILES string of the molecule is O=C(COc1cccc([C@H]2c3sc(=O)[nH]c3SC3C(=O)N(c4ccc(F)cc4)C(=O)C32)c1)N1CCCCC1. The van der Waals surface area contributed by atoms with E-state index in [4.69, 9.17) is 4.74 Å². The van der Waals surface area contributed by atoms with Crippen LogP contribution in [0, 0.1) is 11.7 Å². The van der Waals surface area contributed by atoms with Crippen LogP contribution in [-0.2, 0) is 14.4 Å². The van der Waals surface area contributed by atoms with Gasteiger partial charge in [-0.25, -0.2) is 9.29 Å². The van der Waals surface area contributed by atoms with Gasteiger partial charge in [0.15, 0.2) is 6.61 Å². The number of hydrogen-bond acceptors (Lipinski definition) is 7. The van der Waals surface area contributed by atoms with Gasteiger partial charge >= 0.3 is 4.87 Å². The van der Waals surface area contributed by atoms with Gasteiger partial charge < -0.3 is 14.6 Å². The standard InChI is InChI=1S/C27H24FN3O5S2/c28-16-7-9-17(10-8-16)31-25(33)21-20(22-24(29-27(35)38-22)37-23(21)26(31)34)15-5-4-6-18(13-15)36-14-19(32)30-11-2-1-3-12-30/h4-10,13,20-21,23H,1-3,11-12,14H2,(H,29,35)/t20-,21?,23?/m1/s1. The van der Waals surface area contributed by atoms with E-state index in [-0.39, 0.29) is 17.4 Å². The van der Waals surface area contributed by atoms with Crippen LogP contribution in [-0.4, -0.2) is 52.6 Å². The molecule has 0 bridgehead atoms. The number of aromatic nitrogens is 1. The molecule has 2 unspecified atom stereocenters. The normalized spacial score (nSPS) is 22.8. The summed E-state index contributed by atoms with van der Waals surface area (Å²) in [5.74, 6) is -2.19. The number of piperidine rings is 1. The number of imide groups is 1. The predicted molar refractivity (Wildman–Crippen MR) is 141 cm³/mol. The maximum Gasteiger partial charge on any atom is 0.305 e. The number of ether oxygens (including phenoxy) is 1. The number of hydrogen-bond donors (Lipinski definition) is 1. The monoisotopic (exact) mass is 553 g/mol. The van der Waals surface area contributed by atoms with Crippen molar-refractivity contribution >= 4 is 46.5 Å². The number of rotatable bonds is 5. The van der Waals surface area contributed by atoms with E-state index in [0.717, 1.165) is 48.6 Å². The summed E-state index contributed by atoms with van der Waals surface area (Å²) in [5, 5.41) is -0.180. The predicted octanol–water partition coefficient (Wildman–Crippen LogP) is 3.76. The molecule has 3 amide bonds. The number of amides is 3. The molecule has 3 aliphatic heterocycles. The van der Waals surface area contributed by atoms with E-state index in [9.17, 15) is 23.6 Å². The van der Waals surface area contributed by atoms with Crippen LogP contribution in [0.2, 0.25) is 0 Å². The Labute approximate surface area is 225 Å². The molecule has 2 aromatic carbocycles. The molecule has 6 rings (SSSR count). The number of halogens is 1. The van der Waals surface area contributed by atoms with Gasteiger partial charge in [-0.2, -0.15) is 0 Å². The molecule has 1 N–H and O–H groups in total. The van der Waals surface area contributed by atoms with E-state index < -0.39 is 34.7 Å². The third kappa shape index (κ3) is 4.43. The van der Waals surface area contributed by atoms with E-state index in [1.165, 1.54) is 36.0 Å². The highest BCUT2D eigenvalue weighted by Gasteiger charge is 2.56. The van der Waals surface area contributed by atoms with Crippen molar-refractivity contribution in [1.29, 1.82) is 0 Å². The zero-order valence-corrected chi connectivity index (χ0v) is 21.9. The van der Waals surface area contributed by atoms with Crippen molar-refractivity contribution in [3.63, 3.8) is 0 Å². The smallest absolute Gasteiger partial charge is 0.305 e. The number of thiazole rings is 1. The lowest BCUT2D eigenvalue weighted by molar-refractivity contribution is -0.134. The number of carbonyl (C=O) groups is 3. The first kappa shape index (κ1) is 24.9. The molecule has 3 atom stereocenters. The van der Waals surface area contributed by atoms with Crippen molar-refractivity contribution in [3.05, 3.63) is 74.5 Å². The van der Waals surface area contributed by atoms with Crippen molar-refractivity contribution in [2.45, 2.75) is 35.5 Å². The van der Waals surface area contributed by atoms with Crippen LogP contribution >= 0.6 is 23.1 Å². The zero-order chi connectivity index (χ0) is 26.4. The Bertz CT molecular complexity index is 1460. The number of benzene rings is 2. The average Bonchev–Trinajstić information content (AvgIpc) is 3.42. The third-order valence-electron chi connectivity index (χ3n) is 7.20. The fourth-order valence-corrected chi connectivity index (χ4v) is 7.91. The number of nitrogens with zero attached hydrogens (tertiary/aromatic N) is 2. The van der Waals surface area contributed by atoms with Crippen LogP contribution in [0.1, 0.15) is 35.6 Å². The first-order valence-corrected chi connectivity index (χ1v) is 14.1. The van der Waals surface area contributed by atoms with Crippen molar-refractivity contribution in [2.24, 2.45) is 5.92 Å². The molecule has 1 aromatic heterocycles. The highest BCUT2D eigenvalue weighted by Crippen LogP contribution is 2.53. The molecule has 2 saturated heterocycles. The molecule has 2 fully saturated rings. The van der Waals surface area contributed by atoms with Crippen LogP contribution in [0.5, 0.6) is 5.75 Å². The molecular formula is C27H24FN3O5S2. The van der Waals surface area contributed by atoms with Gasteiger partial charge in [0.1, 0.15) is 16.8 Å². The average molecular weight is 554 g/mol. The Balaban J connectivity index is 1.32. The summed E-state index contributed by atoms with van der Waals surface area (Å²) < 4.78 is 19.4.